The lowest BCUT2D eigenvalue weighted by molar-refractivity contribution is -0.274. The van der Waals surface area contributed by atoms with Crippen molar-refractivity contribution in [3.05, 3.63) is 59.7 Å². The van der Waals surface area contributed by atoms with Crippen molar-refractivity contribution >= 4 is 36.4 Å². The molecule has 5 nitrogen and oxygen atoms in total. The molecule has 0 unspecified atom stereocenters. The number of halogens is 5. The largest absolute Gasteiger partial charge is 0.573 e. The van der Waals surface area contributed by atoms with Gasteiger partial charge in [0.2, 0.25) is 10.0 Å². The van der Waals surface area contributed by atoms with Gasteiger partial charge >= 0.3 is 6.36 Å². The number of hydrogen-bond donors (Lipinski definition) is 0. The molecule has 0 amide bonds. The van der Waals surface area contributed by atoms with Gasteiger partial charge in [0, 0.05) is 37.2 Å². The molecule has 0 aliphatic carbocycles. The molecule has 4 rings (SSSR count). The topological polar surface area (TPSA) is 49.9 Å². The average molecular weight is 549 g/mol. The second-order valence-electron chi connectivity index (χ2n) is 8.74. The van der Waals surface area contributed by atoms with E-state index in [9.17, 15) is 30.4 Å². The monoisotopic (exact) mass is 548 g/mol. The van der Waals surface area contributed by atoms with E-state index in [1.54, 1.807) is 4.90 Å². The Hall–Kier alpha value is -2.44. The maximum Gasteiger partial charge on any atom is 0.573 e. The Morgan fingerprint density at radius 2 is 1.69 bits per heavy atom. The molecule has 1 aliphatic heterocycles. The lowest BCUT2D eigenvalue weighted by Gasteiger charge is -2.32. The van der Waals surface area contributed by atoms with Crippen LogP contribution in [0.3, 0.4) is 0 Å². The molecule has 2 heterocycles. The van der Waals surface area contributed by atoms with Crippen molar-refractivity contribution in [2.24, 2.45) is 0 Å². The highest BCUT2D eigenvalue weighted by atomic mass is 32.2. The molecule has 0 spiro atoms. The van der Waals surface area contributed by atoms with Gasteiger partial charge in [-0.25, -0.2) is 17.2 Å². The van der Waals surface area contributed by atoms with E-state index in [-0.39, 0.29) is 44.8 Å². The smallest absolute Gasteiger partial charge is 0.406 e. The maximum absolute atomic E-state index is 13.6. The maximum atomic E-state index is 13.6. The minimum atomic E-state index is -4.83. The Labute approximate surface area is 210 Å². The van der Waals surface area contributed by atoms with Gasteiger partial charge in [0.15, 0.2) is 0 Å². The number of anilines is 1. The molecule has 1 aliphatic rings. The van der Waals surface area contributed by atoms with Gasteiger partial charge in [-0.2, -0.15) is 0 Å². The highest BCUT2D eigenvalue weighted by molar-refractivity contribution is 7.93. The average Bonchev–Trinajstić information content (AvgIpc) is 3.13. The first-order valence-electron chi connectivity index (χ1n) is 11.3. The summed E-state index contributed by atoms with van der Waals surface area (Å²) < 4.78 is 97.7. The van der Waals surface area contributed by atoms with Crippen LogP contribution in [-0.2, 0) is 16.6 Å². The zero-order valence-electron chi connectivity index (χ0n) is 19.4. The molecule has 0 bridgehead atoms. The third-order valence-corrected chi connectivity index (χ3v) is 9.21. The number of sulfonamides is 1. The SMILES string of the molecule is Cc1c(N(Cc2ccc(OC(F)(F)F)cc2)S(=O)(=O)CCN2CCC(F)(F)CC2)sc2ccccc12. The van der Waals surface area contributed by atoms with Crippen molar-refractivity contribution in [2.45, 2.75) is 38.6 Å². The number of nitrogens with zero attached hydrogens (tertiary/aromatic N) is 2. The van der Waals surface area contributed by atoms with Gasteiger partial charge < -0.3 is 9.64 Å². The number of fused-ring (bicyclic) bond motifs is 1. The van der Waals surface area contributed by atoms with E-state index in [0.717, 1.165) is 27.8 Å². The third kappa shape index (κ3) is 6.46. The van der Waals surface area contributed by atoms with Crippen LogP contribution in [0.1, 0.15) is 24.0 Å². The Balaban J connectivity index is 1.60. The molecule has 196 valence electrons. The summed E-state index contributed by atoms with van der Waals surface area (Å²) in [5.74, 6) is -3.40. The summed E-state index contributed by atoms with van der Waals surface area (Å²) in [5, 5.41) is 1.42. The summed E-state index contributed by atoms with van der Waals surface area (Å²) in [6.07, 6.45) is -5.44. The van der Waals surface area contributed by atoms with E-state index in [4.69, 9.17) is 0 Å². The van der Waals surface area contributed by atoms with E-state index in [1.165, 1.54) is 27.8 Å². The Morgan fingerprint density at radius 1 is 1.06 bits per heavy atom. The van der Waals surface area contributed by atoms with Gasteiger partial charge in [0.05, 0.1) is 12.3 Å². The molecule has 1 saturated heterocycles. The van der Waals surface area contributed by atoms with E-state index in [0.29, 0.717) is 10.6 Å². The first-order chi connectivity index (χ1) is 16.8. The van der Waals surface area contributed by atoms with Gasteiger partial charge in [-0.3, -0.25) is 4.31 Å². The molecule has 0 N–H and O–H groups in total. The standard InChI is InChI=1S/C24H25F5N2O3S2/c1-17-20-4-2-3-5-21(20)35-22(17)31(16-18-6-8-19(9-7-18)34-24(27,28)29)36(32,33)15-14-30-12-10-23(25,26)11-13-30/h2-9H,10-16H2,1H3. The molecule has 2 aromatic carbocycles. The molecule has 3 aromatic rings. The number of rotatable bonds is 8. The van der Waals surface area contributed by atoms with Crippen molar-refractivity contribution in [1.82, 2.24) is 4.90 Å². The molecule has 12 heteroatoms. The van der Waals surface area contributed by atoms with Gasteiger partial charge in [0.25, 0.3) is 5.92 Å². The van der Waals surface area contributed by atoms with Crippen LogP contribution in [0.15, 0.2) is 48.5 Å². The molecule has 0 radical (unpaired) electrons. The quantitative estimate of drug-likeness (QED) is 0.316. The first kappa shape index (κ1) is 26.6. The first-order valence-corrected chi connectivity index (χ1v) is 13.7. The van der Waals surface area contributed by atoms with Crippen LogP contribution in [0.4, 0.5) is 27.0 Å². The van der Waals surface area contributed by atoms with Crippen LogP contribution >= 0.6 is 11.3 Å². The fourth-order valence-corrected chi connectivity index (χ4v) is 7.13. The van der Waals surface area contributed by atoms with Crippen molar-refractivity contribution < 1.29 is 35.1 Å². The zero-order valence-corrected chi connectivity index (χ0v) is 21.0. The van der Waals surface area contributed by atoms with Crippen LogP contribution in [0, 0.1) is 6.92 Å². The number of thiophene rings is 1. The second kappa shape index (κ2) is 10.1. The summed E-state index contributed by atoms with van der Waals surface area (Å²) in [5.41, 5.74) is 1.25. The minimum Gasteiger partial charge on any atom is -0.406 e. The minimum absolute atomic E-state index is 0.0969. The normalized spacial score (nSPS) is 16.8. The number of ether oxygens (including phenoxy) is 1. The van der Waals surface area contributed by atoms with Crippen LogP contribution in [0.25, 0.3) is 10.1 Å². The number of alkyl halides is 5. The second-order valence-corrected chi connectivity index (χ2v) is 11.8. The Bertz CT molecular complexity index is 1300. The number of hydrogen-bond acceptors (Lipinski definition) is 5. The van der Waals surface area contributed by atoms with E-state index in [2.05, 4.69) is 4.74 Å². The summed E-state index contributed by atoms with van der Waals surface area (Å²) in [6.45, 7) is 2.07. The summed E-state index contributed by atoms with van der Waals surface area (Å²) in [7, 11) is -3.91. The number of benzene rings is 2. The zero-order chi connectivity index (χ0) is 26.1. The molecule has 1 fully saturated rings. The van der Waals surface area contributed by atoms with Crippen molar-refractivity contribution in [2.75, 3.05) is 29.7 Å². The highest BCUT2D eigenvalue weighted by Gasteiger charge is 2.35. The molecule has 36 heavy (non-hydrogen) atoms. The fraction of sp³-hybridized carbons (Fsp3) is 0.417. The number of likely N-dealkylation sites (tertiary alicyclic amines) is 1. The number of aryl methyl sites for hydroxylation is 1. The van der Waals surface area contributed by atoms with Gasteiger partial charge in [-0.1, -0.05) is 30.3 Å². The fourth-order valence-electron chi connectivity index (χ4n) is 4.12. The van der Waals surface area contributed by atoms with Crippen molar-refractivity contribution in [3.63, 3.8) is 0 Å². The highest BCUT2D eigenvalue weighted by Crippen LogP contribution is 2.40. The van der Waals surface area contributed by atoms with Gasteiger partial charge in [-0.05, 0) is 41.6 Å². The molecule has 1 aromatic heterocycles. The van der Waals surface area contributed by atoms with E-state index >= 15 is 0 Å². The van der Waals surface area contributed by atoms with Crippen LogP contribution < -0.4 is 9.04 Å². The molecule has 0 saturated carbocycles. The van der Waals surface area contributed by atoms with Crippen molar-refractivity contribution in [1.29, 1.82) is 0 Å². The van der Waals surface area contributed by atoms with Gasteiger partial charge in [-0.15, -0.1) is 24.5 Å². The summed E-state index contributed by atoms with van der Waals surface area (Å²) in [4.78, 5) is 1.72. The van der Waals surface area contributed by atoms with Crippen molar-refractivity contribution in [3.8, 4) is 5.75 Å². The van der Waals surface area contributed by atoms with Crippen LogP contribution in [-0.4, -0.2) is 51.0 Å². The Morgan fingerprint density at radius 3 is 2.31 bits per heavy atom. The Kier molecular flexibility index (Phi) is 7.50. The predicted molar refractivity (Wildman–Crippen MR) is 130 cm³/mol. The lowest BCUT2D eigenvalue weighted by Crippen LogP contribution is -2.43. The molecule has 0 atom stereocenters. The number of piperidine rings is 1. The van der Waals surface area contributed by atoms with Crippen LogP contribution in [0.5, 0.6) is 5.75 Å². The third-order valence-electron chi connectivity index (χ3n) is 6.12. The molecular formula is C24H25F5N2O3S2. The predicted octanol–water partition coefficient (Wildman–Crippen LogP) is 6.18. The van der Waals surface area contributed by atoms with Gasteiger partial charge in [0.1, 0.15) is 10.8 Å². The summed E-state index contributed by atoms with van der Waals surface area (Å²) in [6, 6.07) is 12.5. The van der Waals surface area contributed by atoms with E-state index < -0.39 is 28.1 Å². The summed E-state index contributed by atoms with van der Waals surface area (Å²) >= 11 is 1.31. The van der Waals surface area contributed by atoms with E-state index in [1.807, 2.05) is 31.2 Å². The van der Waals surface area contributed by atoms with Crippen LogP contribution in [0.2, 0.25) is 0 Å². The lowest BCUT2D eigenvalue weighted by atomic mass is 10.1. The molecular weight excluding hydrogens is 523 g/mol.